The fraction of sp³-hybridized carbons (Fsp3) is 0.231. The molecular weight excluding hydrogens is 518 g/mol. The molecule has 0 bridgehead atoms. The number of sulfone groups is 1. The minimum absolute atomic E-state index is 0.0426. The van der Waals surface area contributed by atoms with Gasteiger partial charge < -0.3 is 14.8 Å². The molecule has 5 rings (SSSR count). The molecule has 196 valence electrons. The zero-order valence-electron chi connectivity index (χ0n) is 20.1. The third-order valence-electron chi connectivity index (χ3n) is 5.89. The van der Waals surface area contributed by atoms with Crippen molar-refractivity contribution in [2.24, 2.45) is 0 Å². The number of ether oxygens (including phenoxy) is 2. The molecule has 0 radical (unpaired) electrons. The molecule has 0 saturated carbocycles. The standard InChI is InChI=1S/C26H22F2N4O5S/c1-2-37-25-5-3-4-20(32-25)21-7-6-15-11-29-17(10-22(15)31-21)12-30-26(33)16-8-19(27)18-13-36-14-24(28)38(34,35)23(18)9-16/h3-11,24H,2,12-14H2,1H3,(H,30,33)/t24-/m1/s1. The molecule has 3 aromatic heterocycles. The number of fused-ring (bicyclic) bond motifs is 2. The van der Waals surface area contributed by atoms with Crippen molar-refractivity contribution in [3.05, 3.63) is 77.4 Å². The SMILES string of the molecule is CCOc1cccc(-c2ccc3cnc(CNC(=O)c4cc(F)c5c(c4)S(=O)(=O)[C@@H](F)COC5)cc3n2)n1. The fourth-order valence-electron chi connectivity index (χ4n) is 3.97. The molecule has 1 atom stereocenters. The number of hydrogen-bond acceptors (Lipinski definition) is 8. The van der Waals surface area contributed by atoms with Crippen molar-refractivity contribution in [3.8, 4) is 17.3 Å². The van der Waals surface area contributed by atoms with E-state index in [2.05, 4.69) is 20.3 Å². The predicted octanol–water partition coefficient (Wildman–Crippen LogP) is 3.76. The number of alkyl halides is 1. The Morgan fingerprint density at radius 3 is 2.79 bits per heavy atom. The van der Waals surface area contributed by atoms with Crippen molar-refractivity contribution in [1.29, 1.82) is 0 Å². The average Bonchev–Trinajstić information content (AvgIpc) is 3.02. The number of carbonyl (C=O) groups excluding carboxylic acids is 1. The summed E-state index contributed by atoms with van der Waals surface area (Å²) in [4.78, 5) is 25.6. The van der Waals surface area contributed by atoms with Crippen LogP contribution in [0.5, 0.6) is 5.88 Å². The molecule has 12 heteroatoms. The fourth-order valence-corrected chi connectivity index (χ4v) is 5.32. The van der Waals surface area contributed by atoms with E-state index in [1.54, 1.807) is 18.3 Å². The van der Waals surface area contributed by atoms with Crippen LogP contribution in [0.1, 0.15) is 28.5 Å². The summed E-state index contributed by atoms with van der Waals surface area (Å²) in [6.07, 6.45) is 1.60. The molecule has 38 heavy (non-hydrogen) atoms. The van der Waals surface area contributed by atoms with Crippen molar-refractivity contribution >= 4 is 26.6 Å². The first-order valence-electron chi connectivity index (χ1n) is 11.7. The smallest absolute Gasteiger partial charge is 0.251 e. The van der Waals surface area contributed by atoms with Gasteiger partial charge in [0.05, 0.1) is 53.9 Å². The van der Waals surface area contributed by atoms with E-state index in [0.29, 0.717) is 35.1 Å². The average molecular weight is 541 g/mol. The summed E-state index contributed by atoms with van der Waals surface area (Å²) in [5, 5.41) is 3.36. The first kappa shape index (κ1) is 25.6. The van der Waals surface area contributed by atoms with Gasteiger partial charge in [0.1, 0.15) is 5.82 Å². The first-order chi connectivity index (χ1) is 18.3. The minimum atomic E-state index is -4.51. The van der Waals surface area contributed by atoms with Gasteiger partial charge in [0.25, 0.3) is 5.91 Å². The molecule has 1 aliphatic rings. The van der Waals surface area contributed by atoms with Gasteiger partial charge in [-0.15, -0.1) is 0 Å². The van der Waals surface area contributed by atoms with Crippen LogP contribution in [-0.4, -0.2) is 48.0 Å². The lowest BCUT2D eigenvalue weighted by Crippen LogP contribution is -2.25. The van der Waals surface area contributed by atoms with Gasteiger partial charge in [-0.25, -0.2) is 27.2 Å². The zero-order chi connectivity index (χ0) is 26.9. The lowest BCUT2D eigenvalue weighted by molar-refractivity contribution is 0.0938. The third kappa shape index (κ3) is 5.04. The highest BCUT2D eigenvalue weighted by molar-refractivity contribution is 7.92. The van der Waals surface area contributed by atoms with Crippen LogP contribution in [0.15, 0.2) is 59.6 Å². The molecular formula is C26H22F2N4O5S. The highest BCUT2D eigenvalue weighted by Crippen LogP contribution is 2.29. The van der Waals surface area contributed by atoms with E-state index in [9.17, 15) is 22.0 Å². The molecule has 0 saturated heterocycles. The molecule has 1 aromatic carbocycles. The minimum Gasteiger partial charge on any atom is -0.478 e. The molecule has 0 unspecified atom stereocenters. The number of pyridine rings is 3. The number of rotatable bonds is 6. The first-order valence-corrected chi connectivity index (χ1v) is 13.2. The number of carbonyl (C=O) groups is 1. The lowest BCUT2D eigenvalue weighted by atomic mass is 10.1. The van der Waals surface area contributed by atoms with Crippen molar-refractivity contribution in [2.45, 2.75) is 30.5 Å². The van der Waals surface area contributed by atoms with Gasteiger partial charge in [-0.3, -0.25) is 9.78 Å². The van der Waals surface area contributed by atoms with E-state index in [-0.39, 0.29) is 17.7 Å². The number of benzene rings is 1. The highest BCUT2D eigenvalue weighted by atomic mass is 32.2. The second-order valence-corrected chi connectivity index (χ2v) is 10.5. The van der Waals surface area contributed by atoms with Crippen molar-refractivity contribution in [2.75, 3.05) is 13.2 Å². The normalized spacial score (nSPS) is 16.4. The predicted molar refractivity (Wildman–Crippen MR) is 133 cm³/mol. The van der Waals surface area contributed by atoms with E-state index < -0.39 is 45.2 Å². The van der Waals surface area contributed by atoms with Gasteiger partial charge in [0.15, 0.2) is 0 Å². The molecule has 4 aromatic rings. The second kappa shape index (κ2) is 10.4. The van der Waals surface area contributed by atoms with E-state index in [0.717, 1.165) is 17.5 Å². The van der Waals surface area contributed by atoms with E-state index in [4.69, 9.17) is 9.47 Å². The molecule has 0 spiro atoms. The number of nitrogens with zero attached hydrogens (tertiary/aromatic N) is 3. The zero-order valence-corrected chi connectivity index (χ0v) is 21.0. The topological polar surface area (TPSA) is 120 Å². The molecule has 1 aliphatic heterocycles. The number of halogens is 2. The third-order valence-corrected chi connectivity index (χ3v) is 7.68. The van der Waals surface area contributed by atoms with Crippen molar-refractivity contribution in [1.82, 2.24) is 20.3 Å². The monoisotopic (exact) mass is 540 g/mol. The summed E-state index contributed by atoms with van der Waals surface area (Å²) in [6, 6.07) is 12.6. The Labute approximate surface area is 216 Å². The summed E-state index contributed by atoms with van der Waals surface area (Å²) >= 11 is 0. The summed E-state index contributed by atoms with van der Waals surface area (Å²) in [7, 11) is -4.51. The summed E-state index contributed by atoms with van der Waals surface area (Å²) in [5.41, 5.74) is -0.588. The molecule has 4 heterocycles. The maximum atomic E-state index is 14.6. The Hall–Kier alpha value is -4.03. The molecule has 1 N–H and O–H groups in total. The maximum Gasteiger partial charge on any atom is 0.251 e. The van der Waals surface area contributed by atoms with Gasteiger partial charge in [0, 0.05) is 28.8 Å². The summed E-state index contributed by atoms with van der Waals surface area (Å²) < 4.78 is 64.0. The Kier molecular flexibility index (Phi) is 7.00. The Morgan fingerprint density at radius 1 is 1.16 bits per heavy atom. The van der Waals surface area contributed by atoms with Gasteiger partial charge in [-0.2, -0.15) is 0 Å². The number of amides is 1. The van der Waals surface area contributed by atoms with Crippen molar-refractivity contribution < 1.29 is 31.5 Å². The molecule has 9 nitrogen and oxygen atoms in total. The highest BCUT2D eigenvalue weighted by Gasteiger charge is 2.35. The van der Waals surface area contributed by atoms with E-state index in [1.807, 2.05) is 31.2 Å². The second-order valence-electron chi connectivity index (χ2n) is 8.45. The Balaban J connectivity index is 1.37. The Bertz CT molecular complexity index is 1650. The summed E-state index contributed by atoms with van der Waals surface area (Å²) in [5.74, 6) is -1.22. The molecule has 1 amide bonds. The van der Waals surface area contributed by atoms with Gasteiger partial charge in [0.2, 0.25) is 21.2 Å². The van der Waals surface area contributed by atoms with Gasteiger partial charge in [-0.1, -0.05) is 6.07 Å². The van der Waals surface area contributed by atoms with E-state index in [1.165, 1.54) is 0 Å². The van der Waals surface area contributed by atoms with Crippen LogP contribution in [0.25, 0.3) is 22.3 Å². The molecule has 0 fully saturated rings. The van der Waals surface area contributed by atoms with Crippen LogP contribution >= 0.6 is 0 Å². The van der Waals surface area contributed by atoms with Crippen LogP contribution in [0, 0.1) is 5.82 Å². The lowest BCUT2D eigenvalue weighted by Gasteiger charge is -2.11. The van der Waals surface area contributed by atoms with E-state index >= 15 is 0 Å². The quantitative estimate of drug-likeness (QED) is 0.393. The maximum absolute atomic E-state index is 14.6. The van der Waals surface area contributed by atoms with Crippen LogP contribution in [0.3, 0.4) is 0 Å². The number of nitrogens with one attached hydrogen (secondary N) is 1. The van der Waals surface area contributed by atoms with Crippen LogP contribution in [0.4, 0.5) is 8.78 Å². The van der Waals surface area contributed by atoms with Crippen LogP contribution in [-0.2, 0) is 27.7 Å². The van der Waals surface area contributed by atoms with Gasteiger partial charge in [-0.05, 0) is 43.3 Å². The Morgan fingerprint density at radius 2 is 1.97 bits per heavy atom. The summed E-state index contributed by atoms with van der Waals surface area (Å²) in [6.45, 7) is 1.19. The van der Waals surface area contributed by atoms with Gasteiger partial charge >= 0.3 is 0 Å². The van der Waals surface area contributed by atoms with Crippen LogP contribution in [0.2, 0.25) is 0 Å². The molecule has 0 aliphatic carbocycles. The van der Waals surface area contributed by atoms with Crippen molar-refractivity contribution in [3.63, 3.8) is 0 Å². The van der Waals surface area contributed by atoms with Crippen LogP contribution < -0.4 is 10.1 Å². The number of aromatic nitrogens is 3. The number of hydrogen-bond donors (Lipinski definition) is 1. The largest absolute Gasteiger partial charge is 0.478 e.